The van der Waals surface area contributed by atoms with Crippen molar-refractivity contribution >= 4 is 11.8 Å². The molecule has 1 N–H and O–H groups in total. The third-order valence-electron chi connectivity index (χ3n) is 3.20. The summed E-state index contributed by atoms with van der Waals surface area (Å²) in [7, 11) is 3.84. The van der Waals surface area contributed by atoms with Gasteiger partial charge in [-0.3, -0.25) is 0 Å². The Morgan fingerprint density at radius 2 is 2.25 bits per heavy atom. The molecule has 2 heterocycles. The average Bonchev–Trinajstić information content (AvgIpc) is 3.08. The fourth-order valence-electron chi connectivity index (χ4n) is 2.05. The molecule has 6 nitrogen and oxygen atoms in total. The fourth-order valence-corrected chi connectivity index (χ4v) is 3.08. The molecule has 0 saturated heterocycles. The number of fused-ring (bicyclic) bond motifs is 1. The van der Waals surface area contributed by atoms with Gasteiger partial charge in [-0.05, 0) is 24.7 Å². The molecule has 1 atom stereocenters. The van der Waals surface area contributed by atoms with Crippen molar-refractivity contribution in [2.75, 3.05) is 19.6 Å². The van der Waals surface area contributed by atoms with E-state index in [2.05, 4.69) is 21.5 Å². The molecule has 2 aromatic rings. The average molecular weight is 292 g/mol. The molecule has 1 aliphatic rings. The lowest BCUT2D eigenvalue weighted by Gasteiger charge is -2.16. The van der Waals surface area contributed by atoms with Crippen LogP contribution in [0.4, 0.5) is 0 Å². The van der Waals surface area contributed by atoms with E-state index in [1.54, 1.807) is 22.8 Å². The summed E-state index contributed by atoms with van der Waals surface area (Å²) in [6.45, 7) is 0.302. The van der Waals surface area contributed by atoms with E-state index in [0.29, 0.717) is 6.79 Å². The molecule has 0 fully saturated rings. The molecule has 1 aromatic carbocycles. The third-order valence-corrected chi connectivity index (χ3v) is 4.32. The van der Waals surface area contributed by atoms with Gasteiger partial charge in [-0.1, -0.05) is 17.8 Å². The second-order valence-corrected chi connectivity index (χ2v) is 5.42. The van der Waals surface area contributed by atoms with Crippen molar-refractivity contribution in [3.05, 3.63) is 30.1 Å². The first-order valence-electron chi connectivity index (χ1n) is 6.31. The number of nitrogens with one attached hydrogen (secondary N) is 1. The molecule has 0 radical (unpaired) electrons. The van der Waals surface area contributed by atoms with E-state index in [1.807, 2.05) is 26.2 Å². The highest BCUT2D eigenvalue weighted by Crippen LogP contribution is 2.35. The lowest BCUT2D eigenvalue weighted by atomic mass is 10.1. The van der Waals surface area contributed by atoms with Crippen LogP contribution in [-0.2, 0) is 7.05 Å². The summed E-state index contributed by atoms with van der Waals surface area (Å²) in [5.41, 5.74) is 1.17. The van der Waals surface area contributed by atoms with Crippen LogP contribution in [0.2, 0.25) is 0 Å². The molecular weight excluding hydrogens is 276 g/mol. The molecule has 1 aliphatic heterocycles. The molecule has 20 heavy (non-hydrogen) atoms. The van der Waals surface area contributed by atoms with Gasteiger partial charge in [-0.2, -0.15) is 5.10 Å². The zero-order valence-corrected chi connectivity index (χ0v) is 12.2. The minimum atomic E-state index is 0.214. The van der Waals surface area contributed by atoms with Crippen LogP contribution in [-0.4, -0.2) is 34.4 Å². The van der Waals surface area contributed by atoms with Gasteiger partial charge in [-0.15, -0.1) is 0 Å². The van der Waals surface area contributed by atoms with Crippen LogP contribution in [0.15, 0.2) is 29.7 Å². The van der Waals surface area contributed by atoms with E-state index in [1.165, 1.54) is 5.56 Å². The maximum atomic E-state index is 5.42. The predicted molar refractivity (Wildman–Crippen MR) is 76.1 cm³/mol. The molecule has 1 unspecified atom stereocenters. The molecular formula is C13H16N4O2S. The van der Waals surface area contributed by atoms with Crippen LogP contribution in [0.5, 0.6) is 11.5 Å². The van der Waals surface area contributed by atoms with E-state index in [-0.39, 0.29) is 6.04 Å². The van der Waals surface area contributed by atoms with Crippen LogP contribution >= 0.6 is 11.8 Å². The van der Waals surface area contributed by atoms with Gasteiger partial charge < -0.3 is 14.8 Å². The Hall–Kier alpha value is -1.73. The molecule has 0 spiro atoms. The summed E-state index contributed by atoms with van der Waals surface area (Å²) in [6.07, 6.45) is 1.57. The third kappa shape index (κ3) is 2.59. The summed E-state index contributed by atoms with van der Waals surface area (Å²) >= 11 is 1.67. The van der Waals surface area contributed by atoms with Gasteiger partial charge in [0.15, 0.2) is 16.7 Å². The van der Waals surface area contributed by atoms with Crippen molar-refractivity contribution in [1.82, 2.24) is 20.1 Å². The van der Waals surface area contributed by atoms with Crippen molar-refractivity contribution in [2.45, 2.75) is 11.2 Å². The fraction of sp³-hybridized carbons (Fsp3) is 0.385. The van der Waals surface area contributed by atoms with E-state index in [0.717, 1.165) is 22.4 Å². The quantitative estimate of drug-likeness (QED) is 0.845. The Balaban J connectivity index is 1.71. The Morgan fingerprint density at radius 1 is 1.40 bits per heavy atom. The van der Waals surface area contributed by atoms with Crippen molar-refractivity contribution in [2.24, 2.45) is 7.05 Å². The maximum absolute atomic E-state index is 5.42. The summed E-state index contributed by atoms with van der Waals surface area (Å²) in [5.74, 6) is 2.49. The number of thioether (sulfide) groups is 1. The summed E-state index contributed by atoms with van der Waals surface area (Å²) < 4.78 is 12.5. The van der Waals surface area contributed by atoms with E-state index >= 15 is 0 Å². The molecule has 0 amide bonds. The summed E-state index contributed by atoms with van der Waals surface area (Å²) in [4.78, 5) is 4.22. The van der Waals surface area contributed by atoms with Gasteiger partial charge in [0.1, 0.15) is 6.33 Å². The highest BCUT2D eigenvalue weighted by Gasteiger charge is 2.17. The zero-order valence-electron chi connectivity index (χ0n) is 11.4. The number of rotatable bonds is 5. The van der Waals surface area contributed by atoms with Gasteiger partial charge >= 0.3 is 0 Å². The number of hydrogen-bond acceptors (Lipinski definition) is 6. The number of ether oxygens (including phenoxy) is 2. The van der Waals surface area contributed by atoms with Crippen molar-refractivity contribution in [3.8, 4) is 11.5 Å². The largest absolute Gasteiger partial charge is 0.454 e. The lowest BCUT2D eigenvalue weighted by molar-refractivity contribution is 0.174. The highest BCUT2D eigenvalue weighted by molar-refractivity contribution is 7.99. The number of hydrogen-bond donors (Lipinski definition) is 1. The van der Waals surface area contributed by atoms with Crippen molar-refractivity contribution in [3.63, 3.8) is 0 Å². The van der Waals surface area contributed by atoms with Gasteiger partial charge in [0.25, 0.3) is 0 Å². The highest BCUT2D eigenvalue weighted by atomic mass is 32.2. The topological polar surface area (TPSA) is 61.2 Å². The number of benzene rings is 1. The van der Waals surface area contributed by atoms with Gasteiger partial charge in [0.05, 0.1) is 0 Å². The first kappa shape index (κ1) is 13.3. The monoisotopic (exact) mass is 292 g/mol. The first-order chi connectivity index (χ1) is 9.78. The number of aryl methyl sites for hydroxylation is 1. The van der Waals surface area contributed by atoms with Gasteiger partial charge in [0, 0.05) is 18.8 Å². The van der Waals surface area contributed by atoms with Gasteiger partial charge in [-0.25, -0.2) is 9.67 Å². The molecule has 1 aromatic heterocycles. The van der Waals surface area contributed by atoms with Crippen molar-refractivity contribution < 1.29 is 9.47 Å². The zero-order chi connectivity index (χ0) is 13.9. The van der Waals surface area contributed by atoms with Crippen LogP contribution in [0.25, 0.3) is 0 Å². The van der Waals surface area contributed by atoms with E-state index in [4.69, 9.17) is 9.47 Å². The molecule has 0 bridgehead atoms. The molecule has 106 valence electrons. The first-order valence-corrected chi connectivity index (χ1v) is 7.30. The van der Waals surface area contributed by atoms with Crippen LogP contribution < -0.4 is 14.8 Å². The van der Waals surface area contributed by atoms with Gasteiger partial charge in [0.2, 0.25) is 6.79 Å². The smallest absolute Gasteiger partial charge is 0.231 e. The Morgan fingerprint density at radius 3 is 3.00 bits per heavy atom. The Kier molecular flexibility index (Phi) is 3.79. The van der Waals surface area contributed by atoms with Crippen LogP contribution in [0.1, 0.15) is 11.6 Å². The lowest BCUT2D eigenvalue weighted by Crippen LogP contribution is -2.19. The summed E-state index contributed by atoms with van der Waals surface area (Å²) in [5, 5.41) is 8.29. The van der Waals surface area contributed by atoms with Crippen LogP contribution in [0, 0.1) is 0 Å². The number of nitrogens with zero attached hydrogens (tertiary/aromatic N) is 3. The second kappa shape index (κ2) is 5.72. The Bertz CT molecular complexity index is 602. The van der Waals surface area contributed by atoms with E-state index in [9.17, 15) is 0 Å². The van der Waals surface area contributed by atoms with E-state index < -0.39 is 0 Å². The molecule has 0 aliphatic carbocycles. The standard InChI is InChI=1S/C13H16N4O2S/c1-14-10(6-20-13-15-7-16-17(13)2)9-3-4-11-12(5-9)19-8-18-11/h3-5,7,10,14H,6,8H2,1-2H3. The Labute approximate surface area is 121 Å². The summed E-state index contributed by atoms with van der Waals surface area (Å²) in [6, 6.07) is 6.26. The molecule has 7 heteroatoms. The molecule has 3 rings (SSSR count). The second-order valence-electron chi connectivity index (χ2n) is 4.43. The van der Waals surface area contributed by atoms with Crippen LogP contribution in [0.3, 0.4) is 0 Å². The SMILES string of the molecule is CNC(CSc1ncnn1C)c1ccc2c(c1)OCO2. The minimum Gasteiger partial charge on any atom is -0.454 e. The van der Waals surface area contributed by atoms with Crippen molar-refractivity contribution in [1.29, 1.82) is 0 Å². The predicted octanol–water partition coefficient (Wildman–Crippen LogP) is 1.60. The maximum Gasteiger partial charge on any atom is 0.231 e. The minimum absolute atomic E-state index is 0.214. The normalized spacial score (nSPS) is 14.5. The number of aromatic nitrogens is 3. The molecule has 0 saturated carbocycles.